The molecule has 7 nitrogen and oxygen atoms in total. The molecule has 1 N–H and O–H groups in total. The molecule has 2 aromatic carbocycles. The molecule has 0 saturated heterocycles. The number of ether oxygens (including phenoxy) is 2. The Balaban J connectivity index is 1.38. The number of aromatic nitrogens is 3. The molecule has 0 radical (unpaired) electrons. The van der Waals surface area contributed by atoms with Crippen LogP contribution in [0, 0.1) is 6.92 Å². The molecule has 4 rings (SSSR count). The molecular weight excluding hydrogens is 404 g/mol. The molecule has 0 bridgehead atoms. The summed E-state index contributed by atoms with van der Waals surface area (Å²) in [6, 6.07) is 22.5. The number of carbonyl (C=O) groups excluding carboxylic acids is 1. The Bertz CT molecular complexity index is 1190. The number of nitrogens with one attached hydrogen (secondary N) is 1. The van der Waals surface area contributed by atoms with E-state index in [1.807, 2.05) is 74.5 Å². The van der Waals surface area contributed by atoms with E-state index in [1.165, 1.54) is 0 Å². The van der Waals surface area contributed by atoms with Crippen LogP contribution in [-0.4, -0.2) is 27.3 Å². The normalized spacial score (nSPS) is 10.6. The van der Waals surface area contributed by atoms with E-state index >= 15 is 0 Å². The molecule has 0 aliphatic rings. The molecule has 162 valence electrons. The summed E-state index contributed by atoms with van der Waals surface area (Å²) in [5, 5.41) is 7.35. The number of aryl methyl sites for hydroxylation is 1. The Labute approximate surface area is 186 Å². The van der Waals surface area contributed by atoms with Gasteiger partial charge in [0, 0.05) is 24.5 Å². The molecule has 0 atom stereocenters. The standard InChI is InChI=1S/C25H24N4O3/c1-3-31-21-9-11-22(12-10-21)32-24-16-19(13-14-26-24)17-27-25(30)23-15-18(2)29(28-23)20-7-5-4-6-8-20/h4-16H,3,17H2,1-2H3,(H,27,30). The third-order valence-corrected chi connectivity index (χ3v) is 4.73. The van der Waals surface area contributed by atoms with Gasteiger partial charge >= 0.3 is 0 Å². The fraction of sp³-hybridized carbons (Fsp3) is 0.160. The van der Waals surface area contributed by atoms with E-state index < -0.39 is 0 Å². The molecule has 0 aliphatic carbocycles. The maximum Gasteiger partial charge on any atom is 0.272 e. The molecule has 0 spiro atoms. The number of benzene rings is 2. The lowest BCUT2D eigenvalue weighted by Gasteiger charge is -2.08. The van der Waals surface area contributed by atoms with Crippen LogP contribution in [0.3, 0.4) is 0 Å². The minimum absolute atomic E-state index is 0.242. The number of para-hydroxylation sites is 1. The number of pyridine rings is 1. The van der Waals surface area contributed by atoms with Crippen LogP contribution in [0.4, 0.5) is 0 Å². The summed E-state index contributed by atoms with van der Waals surface area (Å²) in [4.78, 5) is 16.9. The summed E-state index contributed by atoms with van der Waals surface area (Å²) in [6.45, 7) is 4.80. The quantitative estimate of drug-likeness (QED) is 0.440. The zero-order valence-electron chi connectivity index (χ0n) is 18.0. The van der Waals surface area contributed by atoms with Gasteiger partial charge in [-0.3, -0.25) is 4.79 Å². The highest BCUT2D eigenvalue weighted by molar-refractivity contribution is 5.92. The lowest BCUT2D eigenvalue weighted by molar-refractivity contribution is 0.0945. The SMILES string of the molecule is CCOc1ccc(Oc2cc(CNC(=O)c3cc(C)n(-c4ccccc4)n3)ccn2)cc1. The lowest BCUT2D eigenvalue weighted by Crippen LogP contribution is -2.23. The predicted molar refractivity (Wildman–Crippen MR) is 121 cm³/mol. The second-order valence-electron chi connectivity index (χ2n) is 7.11. The first-order valence-corrected chi connectivity index (χ1v) is 10.4. The number of nitrogens with zero attached hydrogens (tertiary/aromatic N) is 3. The lowest BCUT2D eigenvalue weighted by atomic mass is 10.2. The van der Waals surface area contributed by atoms with E-state index in [0.717, 1.165) is 22.7 Å². The second kappa shape index (κ2) is 9.78. The fourth-order valence-corrected chi connectivity index (χ4v) is 3.20. The van der Waals surface area contributed by atoms with E-state index in [-0.39, 0.29) is 5.91 Å². The largest absolute Gasteiger partial charge is 0.494 e. The molecule has 0 saturated carbocycles. The van der Waals surface area contributed by atoms with Gasteiger partial charge < -0.3 is 14.8 Å². The first kappa shape index (κ1) is 21.1. The zero-order chi connectivity index (χ0) is 22.3. The molecule has 4 aromatic rings. The molecule has 0 aliphatic heterocycles. The zero-order valence-corrected chi connectivity index (χ0v) is 18.0. The van der Waals surface area contributed by atoms with Gasteiger partial charge in [-0.1, -0.05) is 18.2 Å². The molecular formula is C25H24N4O3. The van der Waals surface area contributed by atoms with E-state index in [1.54, 1.807) is 23.0 Å². The van der Waals surface area contributed by atoms with Crippen molar-refractivity contribution in [2.24, 2.45) is 0 Å². The highest BCUT2D eigenvalue weighted by atomic mass is 16.5. The molecule has 1 amide bonds. The van der Waals surface area contributed by atoms with Gasteiger partial charge in [0.05, 0.1) is 12.3 Å². The summed E-state index contributed by atoms with van der Waals surface area (Å²) >= 11 is 0. The first-order valence-electron chi connectivity index (χ1n) is 10.4. The minimum Gasteiger partial charge on any atom is -0.494 e. The van der Waals surface area contributed by atoms with Gasteiger partial charge in [0.15, 0.2) is 5.69 Å². The number of carbonyl (C=O) groups is 1. The van der Waals surface area contributed by atoms with Gasteiger partial charge in [-0.2, -0.15) is 5.10 Å². The van der Waals surface area contributed by atoms with Crippen molar-refractivity contribution in [2.45, 2.75) is 20.4 Å². The molecule has 0 fully saturated rings. The summed E-state index contributed by atoms with van der Waals surface area (Å²) in [5.41, 5.74) is 3.03. The molecule has 7 heteroatoms. The third-order valence-electron chi connectivity index (χ3n) is 4.73. The maximum atomic E-state index is 12.6. The Kier molecular flexibility index (Phi) is 6.46. The summed E-state index contributed by atoms with van der Waals surface area (Å²) in [7, 11) is 0. The smallest absolute Gasteiger partial charge is 0.272 e. The van der Waals surface area contributed by atoms with Crippen LogP contribution < -0.4 is 14.8 Å². The van der Waals surface area contributed by atoms with Crippen molar-refractivity contribution in [2.75, 3.05) is 6.61 Å². The summed E-state index contributed by atoms with van der Waals surface area (Å²) in [5.74, 6) is 1.65. The van der Waals surface area contributed by atoms with Crippen molar-refractivity contribution in [3.8, 4) is 23.1 Å². The number of hydrogen-bond donors (Lipinski definition) is 1. The van der Waals surface area contributed by atoms with Crippen LogP contribution in [0.5, 0.6) is 17.4 Å². The van der Waals surface area contributed by atoms with Crippen molar-refractivity contribution in [1.29, 1.82) is 0 Å². The monoisotopic (exact) mass is 428 g/mol. The van der Waals surface area contributed by atoms with E-state index in [9.17, 15) is 4.79 Å². The summed E-state index contributed by atoms with van der Waals surface area (Å²) < 4.78 is 13.0. The fourth-order valence-electron chi connectivity index (χ4n) is 3.20. The summed E-state index contributed by atoms with van der Waals surface area (Å²) in [6.07, 6.45) is 1.65. The Morgan fingerprint density at radius 1 is 1.00 bits per heavy atom. The highest BCUT2D eigenvalue weighted by Gasteiger charge is 2.13. The number of hydrogen-bond acceptors (Lipinski definition) is 5. The topological polar surface area (TPSA) is 78.3 Å². The van der Waals surface area contributed by atoms with Gasteiger partial charge in [-0.05, 0) is 67.9 Å². The van der Waals surface area contributed by atoms with Crippen LogP contribution in [0.2, 0.25) is 0 Å². The first-order chi connectivity index (χ1) is 15.6. The minimum atomic E-state index is -0.242. The van der Waals surface area contributed by atoms with Crippen LogP contribution in [0.15, 0.2) is 79.0 Å². The van der Waals surface area contributed by atoms with Crippen molar-refractivity contribution in [3.05, 3.63) is 95.9 Å². The Morgan fingerprint density at radius 2 is 1.75 bits per heavy atom. The average Bonchev–Trinajstić information content (AvgIpc) is 3.21. The van der Waals surface area contributed by atoms with Crippen molar-refractivity contribution in [1.82, 2.24) is 20.1 Å². The van der Waals surface area contributed by atoms with Gasteiger partial charge in [0.1, 0.15) is 11.5 Å². The van der Waals surface area contributed by atoms with Crippen molar-refractivity contribution < 1.29 is 14.3 Å². The Morgan fingerprint density at radius 3 is 2.50 bits per heavy atom. The molecule has 0 unspecified atom stereocenters. The molecule has 2 aromatic heterocycles. The predicted octanol–water partition coefficient (Wildman–Crippen LogP) is 4.70. The van der Waals surface area contributed by atoms with Crippen LogP contribution in [0.1, 0.15) is 28.7 Å². The number of amides is 1. The van der Waals surface area contributed by atoms with Gasteiger partial charge in [0.2, 0.25) is 5.88 Å². The van der Waals surface area contributed by atoms with Crippen molar-refractivity contribution in [3.63, 3.8) is 0 Å². The average molecular weight is 428 g/mol. The van der Waals surface area contributed by atoms with Gasteiger partial charge in [-0.25, -0.2) is 9.67 Å². The van der Waals surface area contributed by atoms with E-state index in [4.69, 9.17) is 9.47 Å². The third kappa shape index (κ3) is 5.13. The molecule has 32 heavy (non-hydrogen) atoms. The molecule has 2 heterocycles. The number of rotatable bonds is 8. The van der Waals surface area contributed by atoms with Gasteiger partial charge in [0.25, 0.3) is 5.91 Å². The van der Waals surface area contributed by atoms with Gasteiger partial charge in [-0.15, -0.1) is 0 Å². The van der Waals surface area contributed by atoms with E-state index in [2.05, 4.69) is 15.4 Å². The van der Waals surface area contributed by atoms with Crippen LogP contribution >= 0.6 is 0 Å². The van der Waals surface area contributed by atoms with Crippen molar-refractivity contribution >= 4 is 5.91 Å². The Hall–Kier alpha value is -4.13. The van der Waals surface area contributed by atoms with Crippen LogP contribution in [-0.2, 0) is 6.54 Å². The second-order valence-corrected chi connectivity index (χ2v) is 7.11. The highest BCUT2D eigenvalue weighted by Crippen LogP contribution is 2.23. The van der Waals surface area contributed by atoms with Crippen LogP contribution in [0.25, 0.3) is 5.69 Å². The maximum absolute atomic E-state index is 12.6. The van der Waals surface area contributed by atoms with E-state index in [0.29, 0.717) is 30.5 Å².